The van der Waals surface area contributed by atoms with Crippen molar-refractivity contribution in [1.29, 1.82) is 0 Å². The molecular formula is C26H21N3O. The third kappa shape index (κ3) is 2.85. The van der Waals surface area contributed by atoms with E-state index >= 15 is 0 Å². The van der Waals surface area contributed by atoms with E-state index in [1.54, 1.807) is 6.08 Å². The van der Waals surface area contributed by atoms with Crippen LogP contribution in [0, 0.1) is 6.92 Å². The molecule has 0 N–H and O–H groups in total. The van der Waals surface area contributed by atoms with Crippen LogP contribution in [0.2, 0.25) is 0 Å². The Labute approximate surface area is 174 Å². The number of aromatic nitrogens is 3. The molecule has 0 spiro atoms. The Kier molecular flexibility index (Phi) is 4.32. The second kappa shape index (κ2) is 7.16. The zero-order valence-corrected chi connectivity index (χ0v) is 16.7. The molecule has 0 saturated carbocycles. The summed E-state index contributed by atoms with van der Waals surface area (Å²) in [5.41, 5.74) is 5.17. The van der Waals surface area contributed by atoms with Crippen LogP contribution < -0.4 is 0 Å². The minimum atomic E-state index is -0.0521. The number of rotatable bonds is 5. The van der Waals surface area contributed by atoms with Crippen LogP contribution in [0.5, 0.6) is 0 Å². The topological polar surface area (TPSA) is 39.3 Å². The largest absolute Gasteiger partial charge is 0.320 e. The fraction of sp³-hybridized carbons (Fsp3) is 0.0769. The van der Waals surface area contributed by atoms with E-state index in [-0.39, 0.29) is 5.78 Å². The minimum Gasteiger partial charge on any atom is -0.320 e. The number of nitrogens with zero attached hydrogens (tertiary/aromatic N) is 3. The summed E-state index contributed by atoms with van der Waals surface area (Å²) in [4.78, 5) is 13.2. The monoisotopic (exact) mass is 391 g/mol. The summed E-state index contributed by atoms with van der Waals surface area (Å²) in [6.07, 6.45) is 5.36. The average molecular weight is 391 g/mol. The number of carbonyl (C=O) groups excluding carboxylic acids is 1. The molecule has 5 rings (SSSR count). The molecule has 3 aromatic carbocycles. The van der Waals surface area contributed by atoms with E-state index in [4.69, 9.17) is 0 Å². The molecule has 0 unspecified atom stereocenters. The van der Waals surface area contributed by atoms with Crippen LogP contribution in [0.1, 0.15) is 21.6 Å². The van der Waals surface area contributed by atoms with Gasteiger partial charge in [-0.2, -0.15) is 5.10 Å². The fourth-order valence-corrected chi connectivity index (χ4v) is 4.09. The molecule has 0 aliphatic rings. The number of para-hydroxylation sites is 2. The summed E-state index contributed by atoms with van der Waals surface area (Å²) < 4.78 is 3.96. The molecule has 5 aromatic rings. The van der Waals surface area contributed by atoms with Gasteiger partial charge in [0.2, 0.25) is 0 Å². The second-order valence-corrected chi connectivity index (χ2v) is 7.39. The first kappa shape index (κ1) is 18.1. The highest BCUT2D eigenvalue weighted by molar-refractivity contribution is 6.12. The molecule has 146 valence electrons. The van der Waals surface area contributed by atoms with E-state index in [1.165, 1.54) is 5.39 Å². The zero-order valence-electron chi connectivity index (χ0n) is 16.7. The first-order valence-electron chi connectivity index (χ1n) is 9.96. The molecule has 0 fully saturated rings. The Morgan fingerprint density at radius 2 is 1.73 bits per heavy atom. The quantitative estimate of drug-likeness (QED) is 0.215. The third-order valence-electron chi connectivity index (χ3n) is 5.45. The van der Waals surface area contributed by atoms with Crippen LogP contribution in [0.3, 0.4) is 0 Å². The van der Waals surface area contributed by atoms with Gasteiger partial charge in [-0.25, -0.2) is 4.52 Å². The van der Waals surface area contributed by atoms with Crippen molar-refractivity contribution < 1.29 is 4.79 Å². The van der Waals surface area contributed by atoms with Gasteiger partial charge in [0.05, 0.1) is 22.3 Å². The lowest BCUT2D eigenvalue weighted by molar-refractivity contribution is 0.104. The lowest BCUT2D eigenvalue weighted by atomic mass is 10.1. The summed E-state index contributed by atoms with van der Waals surface area (Å²) in [5.74, 6) is -0.0521. The average Bonchev–Trinajstić information content (AvgIpc) is 3.26. The number of hydrogen-bond acceptors (Lipinski definition) is 2. The van der Waals surface area contributed by atoms with E-state index < -0.39 is 0 Å². The van der Waals surface area contributed by atoms with Crippen molar-refractivity contribution in [3.63, 3.8) is 0 Å². The van der Waals surface area contributed by atoms with Gasteiger partial charge in [-0.3, -0.25) is 4.79 Å². The SMILES string of the molecule is C=CCn1c2ccccc2n2nc(C)c(C(=O)C=Cc3ccc4ccccc4c3)c12. The molecule has 0 bridgehead atoms. The molecule has 0 radical (unpaired) electrons. The molecule has 0 atom stereocenters. The van der Waals surface area contributed by atoms with E-state index in [2.05, 4.69) is 40.5 Å². The molecular weight excluding hydrogens is 370 g/mol. The minimum absolute atomic E-state index is 0.0521. The predicted octanol–water partition coefficient (Wildman–Crippen LogP) is 5.83. The van der Waals surface area contributed by atoms with Crippen molar-refractivity contribution in [3.8, 4) is 0 Å². The van der Waals surface area contributed by atoms with Crippen LogP contribution in [-0.2, 0) is 6.54 Å². The van der Waals surface area contributed by atoms with Gasteiger partial charge in [0.1, 0.15) is 5.65 Å². The van der Waals surface area contributed by atoms with Gasteiger partial charge < -0.3 is 4.57 Å². The van der Waals surface area contributed by atoms with E-state index in [1.807, 2.05) is 66.1 Å². The molecule has 0 saturated heterocycles. The van der Waals surface area contributed by atoms with Gasteiger partial charge in [-0.1, -0.05) is 60.7 Å². The Hall–Kier alpha value is -3.92. The summed E-state index contributed by atoms with van der Waals surface area (Å²) >= 11 is 0. The Morgan fingerprint density at radius 1 is 1.00 bits per heavy atom. The first-order chi connectivity index (χ1) is 14.7. The fourth-order valence-electron chi connectivity index (χ4n) is 4.09. The molecule has 30 heavy (non-hydrogen) atoms. The van der Waals surface area contributed by atoms with Crippen LogP contribution in [0.4, 0.5) is 0 Å². The third-order valence-corrected chi connectivity index (χ3v) is 5.45. The highest BCUT2D eigenvalue weighted by Crippen LogP contribution is 2.26. The number of carbonyl (C=O) groups is 1. The van der Waals surface area contributed by atoms with Gasteiger partial charge in [0.15, 0.2) is 5.78 Å². The normalized spacial score (nSPS) is 11.8. The van der Waals surface area contributed by atoms with E-state index in [0.29, 0.717) is 12.1 Å². The van der Waals surface area contributed by atoms with Crippen molar-refractivity contribution in [2.24, 2.45) is 0 Å². The number of allylic oxidation sites excluding steroid dienone is 2. The van der Waals surface area contributed by atoms with Gasteiger partial charge >= 0.3 is 0 Å². The highest BCUT2D eigenvalue weighted by atomic mass is 16.1. The standard InChI is InChI=1S/C26H21N3O/c1-3-16-28-22-10-6-7-11-23(22)29-26(28)25(18(2)27-29)24(30)15-13-19-12-14-20-8-4-5-9-21(20)17-19/h3-15,17H,1,16H2,2H3. The highest BCUT2D eigenvalue weighted by Gasteiger charge is 2.21. The zero-order chi connectivity index (χ0) is 20.7. The molecule has 2 heterocycles. The van der Waals surface area contributed by atoms with Crippen LogP contribution >= 0.6 is 0 Å². The van der Waals surface area contributed by atoms with E-state index in [9.17, 15) is 4.79 Å². The van der Waals surface area contributed by atoms with Gasteiger partial charge in [0, 0.05) is 6.54 Å². The maximum Gasteiger partial charge on any atom is 0.191 e. The van der Waals surface area contributed by atoms with E-state index in [0.717, 1.165) is 33.3 Å². The van der Waals surface area contributed by atoms with Gasteiger partial charge in [-0.05, 0) is 47.5 Å². The molecule has 0 aliphatic carbocycles. The molecule has 0 aliphatic heterocycles. The lowest BCUT2D eigenvalue weighted by Crippen LogP contribution is -2.02. The number of ketones is 1. The molecule has 2 aromatic heterocycles. The molecule has 4 heteroatoms. The van der Waals surface area contributed by atoms with Crippen molar-refractivity contribution in [2.45, 2.75) is 13.5 Å². The van der Waals surface area contributed by atoms with Gasteiger partial charge in [0.25, 0.3) is 0 Å². The van der Waals surface area contributed by atoms with Crippen molar-refractivity contribution in [2.75, 3.05) is 0 Å². The predicted molar refractivity (Wildman–Crippen MR) is 123 cm³/mol. The Balaban J connectivity index is 1.61. The number of hydrogen-bond donors (Lipinski definition) is 0. The second-order valence-electron chi connectivity index (χ2n) is 7.39. The summed E-state index contributed by atoms with van der Waals surface area (Å²) in [7, 11) is 0. The summed E-state index contributed by atoms with van der Waals surface area (Å²) in [6, 6.07) is 22.4. The van der Waals surface area contributed by atoms with Crippen LogP contribution in [-0.4, -0.2) is 20.0 Å². The van der Waals surface area contributed by atoms with Crippen molar-refractivity contribution in [3.05, 3.63) is 102 Å². The molecule has 0 amide bonds. The summed E-state index contributed by atoms with van der Waals surface area (Å²) in [6.45, 7) is 6.38. The Morgan fingerprint density at radius 3 is 2.53 bits per heavy atom. The number of aryl methyl sites for hydroxylation is 1. The summed E-state index contributed by atoms with van der Waals surface area (Å²) in [5, 5.41) is 7.01. The van der Waals surface area contributed by atoms with Crippen molar-refractivity contribution in [1.82, 2.24) is 14.2 Å². The number of benzene rings is 3. The number of fused-ring (bicyclic) bond motifs is 4. The van der Waals surface area contributed by atoms with Crippen LogP contribution in [0.25, 0.3) is 33.5 Å². The molecule has 4 nitrogen and oxygen atoms in total. The number of imidazole rings is 1. The Bertz CT molecular complexity index is 1470. The smallest absolute Gasteiger partial charge is 0.191 e. The van der Waals surface area contributed by atoms with Crippen LogP contribution in [0.15, 0.2) is 85.5 Å². The first-order valence-corrected chi connectivity index (χ1v) is 9.96. The lowest BCUT2D eigenvalue weighted by Gasteiger charge is -2.03. The van der Waals surface area contributed by atoms with Gasteiger partial charge in [-0.15, -0.1) is 6.58 Å². The van der Waals surface area contributed by atoms with Crippen molar-refractivity contribution >= 4 is 39.3 Å². The maximum atomic E-state index is 13.2. The maximum absolute atomic E-state index is 13.2.